The van der Waals surface area contributed by atoms with E-state index in [2.05, 4.69) is 28.2 Å². The fourth-order valence-corrected chi connectivity index (χ4v) is 0.721. The van der Waals surface area contributed by atoms with Gasteiger partial charge >= 0.3 is 5.97 Å². The van der Waals surface area contributed by atoms with Crippen molar-refractivity contribution < 1.29 is 9.90 Å². The number of aliphatic carboxylic acids is 1. The minimum absolute atomic E-state index is 0.0184. The number of carboxylic acid groups (broad SMARTS) is 1. The molecule has 14 heavy (non-hydrogen) atoms. The fourth-order valence-electron chi connectivity index (χ4n) is 0.675. The number of nitrogens with one attached hydrogen (secondary N) is 2. The molecule has 5 N–H and O–H groups in total. The van der Waals surface area contributed by atoms with Crippen molar-refractivity contribution in [2.45, 2.75) is 20.8 Å². The molecule has 0 aromatic carbocycles. The molecule has 0 bridgehead atoms. The molecular weight excluding hydrogens is 204 g/mol. The van der Waals surface area contributed by atoms with Gasteiger partial charge < -0.3 is 5.11 Å². The third kappa shape index (κ3) is 4.15. The standard InChI is InChI=1S/C7H14N4O2S/c1-7(2,3)4(5(12)13)10-11-6(14)9-8/h8H2,1-3H3,(H,12,13)(H2,9,11,14)/b10-4-. The van der Waals surface area contributed by atoms with E-state index in [-0.39, 0.29) is 10.8 Å². The van der Waals surface area contributed by atoms with E-state index in [9.17, 15) is 4.79 Å². The molecule has 0 atom stereocenters. The molecule has 80 valence electrons. The van der Waals surface area contributed by atoms with Crippen molar-refractivity contribution >= 4 is 29.0 Å². The number of hydrogen-bond donors (Lipinski definition) is 4. The van der Waals surface area contributed by atoms with E-state index >= 15 is 0 Å². The lowest BCUT2D eigenvalue weighted by atomic mass is 9.90. The Morgan fingerprint density at radius 1 is 1.50 bits per heavy atom. The van der Waals surface area contributed by atoms with Gasteiger partial charge in [-0.3, -0.25) is 10.9 Å². The third-order valence-electron chi connectivity index (χ3n) is 1.31. The molecule has 0 saturated heterocycles. The first-order chi connectivity index (χ1) is 6.29. The molecule has 0 aliphatic carbocycles. The quantitative estimate of drug-likeness (QED) is 0.222. The lowest BCUT2D eigenvalue weighted by molar-refractivity contribution is -0.129. The Hall–Kier alpha value is -1.21. The Morgan fingerprint density at radius 2 is 2.00 bits per heavy atom. The summed E-state index contributed by atoms with van der Waals surface area (Å²) in [6.07, 6.45) is 0. The lowest BCUT2D eigenvalue weighted by Crippen LogP contribution is -2.39. The minimum Gasteiger partial charge on any atom is -0.477 e. The highest BCUT2D eigenvalue weighted by Crippen LogP contribution is 2.15. The van der Waals surface area contributed by atoms with E-state index in [1.165, 1.54) is 0 Å². The molecule has 0 amide bonds. The predicted molar refractivity (Wildman–Crippen MR) is 57.6 cm³/mol. The van der Waals surface area contributed by atoms with Crippen molar-refractivity contribution in [1.29, 1.82) is 0 Å². The van der Waals surface area contributed by atoms with Gasteiger partial charge in [0.2, 0.25) is 5.11 Å². The van der Waals surface area contributed by atoms with E-state index in [1.807, 2.05) is 0 Å². The summed E-state index contributed by atoms with van der Waals surface area (Å²) in [4.78, 5) is 10.8. The van der Waals surface area contributed by atoms with Crippen molar-refractivity contribution in [1.82, 2.24) is 10.9 Å². The van der Waals surface area contributed by atoms with Gasteiger partial charge in [-0.25, -0.2) is 10.6 Å². The molecular formula is C7H14N4O2S. The summed E-state index contributed by atoms with van der Waals surface area (Å²) >= 11 is 4.64. The zero-order chi connectivity index (χ0) is 11.4. The van der Waals surface area contributed by atoms with Crippen LogP contribution in [0.25, 0.3) is 0 Å². The maximum absolute atomic E-state index is 10.8. The second-order valence-electron chi connectivity index (χ2n) is 3.60. The van der Waals surface area contributed by atoms with E-state index in [1.54, 1.807) is 20.8 Å². The van der Waals surface area contributed by atoms with Gasteiger partial charge in [0.25, 0.3) is 0 Å². The first-order valence-electron chi connectivity index (χ1n) is 3.87. The molecule has 0 aromatic heterocycles. The van der Waals surface area contributed by atoms with E-state index < -0.39 is 11.4 Å². The van der Waals surface area contributed by atoms with Crippen LogP contribution in [-0.4, -0.2) is 21.9 Å². The first-order valence-corrected chi connectivity index (χ1v) is 4.28. The maximum Gasteiger partial charge on any atom is 0.352 e. The van der Waals surface area contributed by atoms with Crippen LogP contribution in [0.5, 0.6) is 0 Å². The van der Waals surface area contributed by atoms with Crippen LogP contribution in [-0.2, 0) is 4.79 Å². The fraction of sp³-hybridized carbons (Fsp3) is 0.571. The van der Waals surface area contributed by atoms with Gasteiger partial charge in [-0.15, -0.1) is 0 Å². The van der Waals surface area contributed by atoms with Crippen LogP contribution in [0.1, 0.15) is 20.8 Å². The number of hydrogen-bond acceptors (Lipinski definition) is 4. The smallest absolute Gasteiger partial charge is 0.352 e. The Kier molecular flexibility index (Phi) is 4.45. The van der Waals surface area contributed by atoms with Gasteiger partial charge in [-0.2, -0.15) is 5.10 Å². The average Bonchev–Trinajstić information content (AvgIpc) is 2.01. The Labute approximate surface area is 87.5 Å². The molecule has 7 heteroatoms. The first kappa shape index (κ1) is 12.8. The highest BCUT2D eigenvalue weighted by Gasteiger charge is 2.25. The maximum atomic E-state index is 10.8. The van der Waals surface area contributed by atoms with E-state index in [0.29, 0.717) is 0 Å². The number of carboxylic acids is 1. The Bertz CT molecular complexity index is 269. The summed E-state index contributed by atoms with van der Waals surface area (Å²) < 4.78 is 0. The van der Waals surface area contributed by atoms with Crippen molar-refractivity contribution in [2.24, 2.45) is 16.4 Å². The van der Waals surface area contributed by atoms with Crippen molar-refractivity contribution in [3.8, 4) is 0 Å². The van der Waals surface area contributed by atoms with Crippen LogP contribution in [0.15, 0.2) is 5.10 Å². The summed E-state index contributed by atoms with van der Waals surface area (Å²) in [6, 6.07) is 0. The third-order valence-corrected chi connectivity index (χ3v) is 1.52. The van der Waals surface area contributed by atoms with Crippen LogP contribution in [0.2, 0.25) is 0 Å². The summed E-state index contributed by atoms with van der Waals surface area (Å²) in [5.41, 5.74) is 3.87. The molecule has 0 aliphatic rings. The Morgan fingerprint density at radius 3 is 2.29 bits per heavy atom. The predicted octanol–water partition coefficient (Wildman–Crippen LogP) is -0.189. The van der Waals surface area contributed by atoms with Crippen molar-refractivity contribution in [3.63, 3.8) is 0 Å². The van der Waals surface area contributed by atoms with Crippen LogP contribution in [0.3, 0.4) is 0 Å². The van der Waals surface area contributed by atoms with Gasteiger partial charge in [0.05, 0.1) is 0 Å². The molecule has 0 saturated carbocycles. The van der Waals surface area contributed by atoms with Crippen LogP contribution in [0, 0.1) is 5.41 Å². The summed E-state index contributed by atoms with van der Waals surface area (Å²) in [7, 11) is 0. The molecule has 0 heterocycles. The molecule has 0 aliphatic heterocycles. The number of rotatable bonds is 2. The zero-order valence-corrected chi connectivity index (χ0v) is 9.10. The number of nitrogens with zero attached hydrogens (tertiary/aromatic N) is 1. The largest absolute Gasteiger partial charge is 0.477 e. The summed E-state index contributed by atoms with van der Waals surface area (Å²) in [5.74, 6) is 3.88. The van der Waals surface area contributed by atoms with E-state index in [0.717, 1.165) is 0 Å². The van der Waals surface area contributed by atoms with Gasteiger partial charge in [-0.05, 0) is 12.2 Å². The van der Waals surface area contributed by atoms with Gasteiger partial charge in [-0.1, -0.05) is 20.8 Å². The highest BCUT2D eigenvalue weighted by atomic mass is 32.1. The van der Waals surface area contributed by atoms with Crippen LogP contribution >= 0.6 is 12.2 Å². The van der Waals surface area contributed by atoms with Crippen molar-refractivity contribution in [2.75, 3.05) is 0 Å². The SMILES string of the molecule is CC(C)(C)/C(=N\NC(=S)NN)C(=O)O. The summed E-state index contributed by atoms with van der Waals surface area (Å²) in [5, 5.41) is 12.5. The minimum atomic E-state index is -1.09. The molecule has 6 nitrogen and oxygen atoms in total. The molecule has 0 spiro atoms. The topological polar surface area (TPSA) is 99.7 Å². The monoisotopic (exact) mass is 218 g/mol. The van der Waals surface area contributed by atoms with Gasteiger partial charge in [0.15, 0.2) is 5.71 Å². The lowest BCUT2D eigenvalue weighted by Gasteiger charge is -2.17. The molecule has 0 aromatic rings. The summed E-state index contributed by atoms with van der Waals surface area (Å²) in [6.45, 7) is 5.21. The second kappa shape index (κ2) is 4.87. The number of hydrazone groups is 1. The molecule has 0 rings (SSSR count). The Balaban J connectivity index is 4.68. The number of carbonyl (C=O) groups is 1. The zero-order valence-electron chi connectivity index (χ0n) is 8.29. The average molecular weight is 218 g/mol. The van der Waals surface area contributed by atoms with E-state index in [4.69, 9.17) is 10.9 Å². The number of nitrogens with two attached hydrogens (primary N) is 1. The number of hydrazine groups is 1. The molecule has 0 radical (unpaired) electrons. The molecule has 0 fully saturated rings. The second-order valence-corrected chi connectivity index (χ2v) is 4.01. The molecule has 0 unspecified atom stereocenters. The van der Waals surface area contributed by atoms with Crippen molar-refractivity contribution in [3.05, 3.63) is 0 Å². The van der Waals surface area contributed by atoms with Gasteiger partial charge in [0.1, 0.15) is 0 Å². The number of thiocarbonyl (C=S) groups is 1. The van der Waals surface area contributed by atoms with Crippen LogP contribution < -0.4 is 16.7 Å². The highest BCUT2D eigenvalue weighted by molar-refractivity contribution is 7.80. The van der Waals surface area contributed by atoms with Gasteiger partial charge in [0, 0.05) is 5.41 Å². The normalized spacial score (nSPS) is 12.1. The van der Waals surface area contributed by atoms with Crippen LogP contribution in [0.4, 0.5) is 0 Å².